The molecule has 3 amide bonds. The van der Waals surface area contributed by atoms with Crippen molar-refractivity contribution in [2.45, 2.75) is 49.6 Å². The molecule has 1 aromatic heterocycles. The van der Waals surface area contributed by atoms with E-state index in [1.54, 1.807) is 30.3 Å². The summed E-state index contributed by atoms with van der Waals surface area (Å²) in [5.74, 6) is -2.39. The average molecular weight is 587 g/mol. The van der Waals surface area contributed by atoms with Gasteiger partial charge in [0.1, 0.15) is 17.6 Å². The summed E-state index contributed by atoms with van der Waals surface area (Å²) in [6.07, 6.45) is -0.105. The molecule has 3 heterocycles. The van der Waals surface area contributed by atoms with Crippen molar-refractivity contribution in [3.05, 3.63) is 65.6 Å². The van der Waals surface area contributed by atoms with E-state index in [1.807, 2.05) is 13.8 Å². The first kappa shape index (κ1) is 28.7. The van der Waals surface area contributed by atoms with Crippen molar-refractivity contribution in [2.24, 2.45) is 5.92 Å². The van der Waals surface area contributed by atoms with Crippen LogP contribution in [0.4, 0.5) is 10.1 Å². The lowest BCUT2D eigenvalue weighted by molar-refractivity contribution is -0.138. The first-order valence-electron chi connectivity index (χ1n) is 13.1. The van der Waals surface area contributed by atoms with Crippen LogP contribution >= 0.6 is 0 Å². The van der Waals surface area contributed by atoms with Gasteiger partial charge in [0.25, 0.3) is 16.0 Å². The molecule has 1 saturated heterocycles. The number of aromatic nitrogens is 1. The molecular formula is C28H31FN4O7S. The first-order chi connectivity index (χ1) is 19.2. The number of likely N-dealkylation sites (tertiary alicyclic amines) is 1. The van der Waals surface area contributed by atoms with Crippen LogP contribution in [-0.4, -0.2) is 81.7 Å². The van der Waals surface area contributed by atoms with Crippen LogP contribution in [0.5, 0.6) is 0 Å². The van der Waals surface area contributed by atoms with Gasteiger partial charge >= 0.3 is 0 Å². The fourth-order valence-electron chi connectivity index (χ4n) is 6.00. The van der Waals surface area contributed by atoms with Crippen LogP contribution in [0.15, 0.2) is 48.5 Å². The number of aliphatic hydroxyl groups excluding tert-OH is 1. The highest BCUT2D eigenvalue weighted by atomic mass is 32.2. The topological polar surface area (TPSA) is 160 Å². The number of anilines is 1. The number of benzene rings is 2. The Balaban J connectivity index is 1.53. The molecule has 4 atom stereocenters. The van der Waals surface area contributed by atoms with Crippen molar-refractivity contribution in [1.82, 2.24) is 14.8 Å². The predicted octanol–water partition coefficient (Wildman–Crippen LogP) is 2.49. The molecule has 0 radical (unpaired) electrons. The highest BCUT2D eigenvalue weighted by Gasteiger charge is 2.59. The van der Waals surface area contributed by atoms with Gasteiger partial charge in [-0.05, 0) is 48.6 Å². The van der Waals surface area contributed by atoms with Crippen LogP contribution in [0.3, 0.4) is 0 Å². The van der Waals surface area contributed by atoms with Crippen molar-refractivity contribution < 1.29 is 36.9 Å². The summed E-state index contributed by atoms with van der Waals surface area (Å²) >= 11 is 0. The van der Waals surface area contributed by atoms with Crippen LogP contribution in [0.25, 0.3) is 10.9 Å². The number of halogens is 1. The lowest BCUT2D eigenvalue weighted by Gasteiger charge is -2.35. The number of hydrogen-bond acceptors (Lipinski definition) is 6. The Morgan fingerprint density at radius 3 is 2.56 bits per heavy atom. The molecule has 2 aliphatic heterocycles. The SMILES string of the molecule is CC(C)C[C@@H](C(=O)N1C[C@]2(C[C@H]1C(O)S(=O)(=O)O)C(=O)Nc1ccccc12)N(C)C(=O)c1cc2c(F)cccc2[nH]1. The monoisotopic (exact) mass is 586 g/mol. The molecule has 11 nitrogen and oxygen atoms in total. The Morgan fingerprint density at radius 2 is 1.90 bits per heavy atom. The average Bonchev–Trinajstić information content (AvgIpc) is 3.60. The van der Waals surface area contributed by atoms with E-state index in [2.05, 4.69) is 10.3 Å². The van der Waals surface area contributed by atoms with E-state index in [0.29, 0.717) is 16.8 Å². The van der Waals surface area contributed by atoms with Crippen molar-refractivity contribution >= 4 is 44.4 Å². The number of likely N-dealkylation sites (N-methyl/N-ethyl adjacent to an activating group) is 1. The lowest BCUT2D eigenvalue weighted by Crippen LogP contribution is -2.54. The van der Waals surface area contributed by atoms with Gasteiger partial charge < -0.3 is 25.2 Å². The summed E-state index contributed by atoms with van der Waals surface area (Å²) in [5.41, 5.74) is -2.27. The second-order valence-corrected chi connectivity index (χ2v) is 12.7. The number of aliphatic hydroxyl groups is 1. The standard InChI is InChI=1S/C28H31FN4O7S/c1-15(2)11-22(32(3)24(34)21-12-16-18(29)8-6-10-19(16)30-21)25(35)33-14-28(13-23(33)26(36)41(38,39)40)17-7-4-5-9-20(17)31-27(28)37/h4-10,12,15,22-23,26,30,36H,11,13-14H2,1-3H3,(H,31,37)(H,38,39,40)/t22-,23-,26?,28-/m0/s1. The molecule has 1 spiro atoms. The number of aromatic amines is 1. The van der Waals surface area contributed by atoms with Gasteiger partial charge in [-0.2, -0.15) is 8.42 Å². The molecule has 2 aliphatic rings. The molecule has 218 valence electrons. The van der Waals surface area contributed by atoms with Gasteiger partial charge in [-0.15, -0.1) is 0 Å². The summed E-state index contributed by atoms with van der Waals surface area (Å²) in [5, 5.41) is 13.7. The third-order valence-electron chi connectivity index (χ3n) is 8.05. The van der Waals surface area contributed by atoms with Gasteiger partial charge in [-0.3, -0.25) is 18.9 Å². The zero-order valence-corrected chi connectivity index (χ0v) is 23.5. The van der Waals surface area contributed by atoms with Crippen LogP contribution in [0.2, 0.25) is 0 Å². The van der Waals surface area contributed by atoms with Gasteiger partial charge in [0.15, 0.2) is 0 Å². The fourth-order valence-corrected chi connectivity index (χ4v) is 6.64. The van der Waals surface area contributed by atoms with Gasteiger partial charge in [0.05, 0.1) is 11.5 Å². The largest absolute Gasteiger partial charge is 0.373 e. The minimum atomic E-state index is -5.03. The Kier molecular flexibility index (Phi) is 7.16. The number of para-hydroxylation sites is 1. The molecule has 3 aromatic rings. The lowest BCUT2D eigenvalue weighted by atomic mass is 9.79. The van der Waals surface area contributed by atoms with Crippen molar-refractivity contribution in [2.75, 3.05) is 18.9 Å². The number of nitrogens with zero attached hydrogens (tertiary/aromatic N) is 2. The number of rotatable bonds is 7. The summed E-state index contributed by atoms with van der Waals surface area (Å²) in [6, 6.07) is 9.91. The molecule has 41 heavy (non-hydrogen) atoms. The Morgan fingerprint density at radius 1 is 1.20 bits per heavy atom. The Hall–Kier alpha value is -3.81. The second kappa shape index (κ2) is 10.2. The van der Waals surface area contributed by atoms with Crippen molar-refractivity contribution in [1.29, 1.82) is 0 Å². The van der Waals surface area contributed by atoms with Gasteiger partial charge in [-0.25, -0.2) is 4.39 Å². The highest BCUT2D eigenvalue weighted by molar-refractivity contribution is 7.86. The Bertz CT molecular complexity index is 1660. The first-order valence-corrected chi connectivity index (χ1v) is 14.6. The zero-order chi connectivity index (χ0) is 29.9. The maximum absolute atomic E-state index is 14.3. The number of hydrogen-bond donors (Lipinski definition) is 4. The minimum Gasteiger partial charge on any atom is -0.373 e. The number of amides is 3. The van der Waals surface area contributed by atoms with Gasteiger partial charge in [0, 0.05) is 30.2 Å². The van der Waals surface area contributed by atoms with E-state index in [0.717, 1.165) is 4.90 Å². The molecule has 13 heteroatoms. The summed E-state index contributed by atoms with van der Waals surface area (Å²) in [4.78, 5) is 46.2. The third kappa shape index (κ3) is 4.87. The van der Waals surface area contributed by atoms with Crippen molar-refractivity contribution in [3.8, 4) is 0 Å². The molecule has 4 N–H and O–H groups in total. The van der Waals surface area contributed by atoms with Crippen LogP contribution in [0.1, 0.15) is 42.7 Å². The summed E-state index contributed by atoms with van der Waals surface area (Å²) < 4.78 is 48.2. The highest BCUT2D eigenvalue weighted by Crippen LogP contribution is 2.47. The number of nitrogens with one attached hydrogen (secondary N) is 2. The number of H-pyrrole nitrogens is 1. The molecule has 2 aromatic carbocycles. The van der Waals surface area contributed by atoms with Crippen LogP contribution in [-0.2, 0) is 25.1 Å². The van der Waals surface area contributed by atoms with E-state index in [4.69, 9.17) is 0 Å². The molecule has 1 unspecified atom stereocenters. The molecule has 0 bridgehead atoms. The van der Waals surface area contributed by atoms with E-state index in [-0.39, 0.29) is 36.4 Å². The predicted molar refractivity (Wildman–Crippen MR) is 148 cm³/mol. The minimum absolute atomic E-state index is 0.0469. The van der Waals surface area contributed by atoms with Crippen LogP contribution in [0, 0.1) is 11.7 Å². The third-order valence-corrected chi connectivity index (χ3v) is 8.97. The number of fused-ring (bicyclic) bond motifs is 3. The number of carbonyl (C=O) groups excluding carboxylic acids is 3. The summed E-state index contributed by atoms with van der Waals surface area (Å²) in [6.45, 7) is 3.40. The fraction of sp³-hybridized carbons (Fsp3) is 0.393. The van der Waals surface area contributed by atoms with Gasteiger partial charge in [-0.1, -0.05) is 38.1 Å². The molecule has 1 fully saturated rings. The van der Waals surface area contributed by atoms with Crippen LogP contribution < -0.4 is 5.32 Å². The zero-order valence-electron chi connectivity index (χ0n) is 22.7. The quantitative estimate of drug-likeness (QED) is 0.310. The molecule has 0 saturated carbocycles. The van der Waals surface area contributed by atoms with Crippen molar-refractivity contribution in [3.63, 3.8) is 0 Å². The number of carbonyl (C=O) groups is 3. The summed E-state index contributed by atoms with van der Waals surface area (Å²) in [7, 11) is -3.62. The maximum Gasteiger partial charge on any atom is 0.294 e. The molecular weight excluding hydrogens is 555 g/mol. The van der Waals surface area contributed by atoms with E-state index in [1.165, 1.54) is 30.1 Å². The second-order valence-electron chi connectivity index (χ2n) is 11.2. The van der Waals surface area contributed by atoms with E-state index >= 15 is 0 Å². The molecule has 0 aliphatic carbocycles. The van der Waals surface area contributed by atoms with Gasteiger partial charge in [0.2, 0.25) is 17.3 Å². The van der Waals surface area contributed by atoms with E-state index in [9.17, 15) is 36.9 Å². The van der Waals surface area contributed by atoms with E-state index < -0.39 is 56.6 Å². The smallest absolute Gasteiger partial charge is 0.294 e. The normalized spacial score (nSPS) is 21.8. The maximum atomic E-state index is 14.3. The Labute approximate surface area is 236 Å². The molecule has 5 rings (SSSR count).